The van der Waals surface area contributed by atoms with Crippen molar-refractivity contribution < 1.29 is 18.9 Å². The van der Waals surface area contributed by atoms with Gasteiger partial charge in [-0.25, -0.2) is 0 Å². The summed E-state index contributed by atoms with van der Waals surface area (Å²) in [5, 5.41) is 0. The number of rotatable bonds is 15. The number of methoxy groups -OCH3 is 4. The van der Waals surface area contributed by atoms with Crippen LogP contribution < -0.4 is 23.8 Å². The van der Waals surface area contributed by atoms with Crippen LogP contribution in [-0.4, -0.2) is 71.0 Å². The third-order valence-corrected chi connectivity index (χ3v) is 11.4. The van der Waals surface area contributed by atoms with Gasteiger partial charge in [-0.3, -0.25) is 4.90 Å². The van der Waals surface area contributed by atoms with E-state index in [0.717, 1.165) is 74.9 Å². The van der Waals surface area contributed by atoms with Gasteiger partial charge in [0.05, 0.1) is 34.5 Å². The smallest absolute Gasteiger partial charge is 0.164 e. The van der Waals surface area contributed by atoms with E-state index in [0.29, 0.717) is 12.0 Å². The molecule has 2 heterocycles. The van der Waals surface area contributed by atoms with Gasteiger partial charge >= 0.3 is 0 Å². The Morgan fingerprint density at radius 3 is 2.17 bits per heavy atom. The Labute approximate surface area is 322 Å². The summed E-state index contributed by atoms with van der Waals surface area (Å²) in [5.41, 5.74) is 10.0. The predicted octanol–water partition coefficient (Wildman–Crippen LogP) is 9.82. The predicted molar refractivity (Wildman–Crippen MR) is 220 cm³/mol. The summed E-state index contributed by atoms with van der Waals surface area (Å²) in [4.78, 5) is 7.55. The zero-order chi connectivity index (χ0) is 37.6. The second kappa shape index (κ2) is 17.1. The highest BCUT2D eigenvalue weighted by Gasteiger charge is 2.30. The highest BCUT2D eigenvalue weighted by Crippen LogP contribution is 2.49. The van der Waals surface area contributed by atoms with E-state index >= 15 is 0 Å². The third kappa shape index (κ3) is 8.27. The molecular weight excluding hydrogens is 671 g/mol. The summed E-state index contributed by atoms with van der Waals surface area (Å²) in [6, 6.07) is 29.5. The van der Waals surface area contributed by atoms with Gasteiger partial charge in [0.1, 0.15) is 0 Å². The van der Waals surface area contributed by atoms with E-state index in [4.69, 9.17) is 18.9 Å². The monoisotopic (exact) mass is 727 g/mol. The zero-order valence-electron chi connectivity index (χ0n) is 33.0. The van der Waals surface area contributed by atoms with E-state index < -0.39 is 0 Å². The first-order valence-electron chi connectivity index (χ1n) is 19.7. The van der Waals surface area contributed by atoms with Crippen LogP contribution in [0.25, 0.3) is 11.1 Å². The Morgan fingerprint density at radius 1 is 0.741 bits per heavy atom. The molecule has 0 radical (unpaired) electrons. The van der Waals surface area contributed by atoms with Crippen LogP contribution in [0.15, 0.2) is 103 Å². The molecule has 4 aromatic carbocycles. The van der Waals surface area contributed by atoms with Crippen LogP contribution in [0.5, 0.6) is 23.0 Å². The zero-order valence-corrected chi connectivity index (χ0v) is 33.0. The lowest BCUT2D eigenvalue weighted by Crippen LogP contribution is -2.45. The van der Waals surface area contributed by atoms with E-state index in [1.54, 1.807) is 28.4 Å². The maximum atomic E-state index is 5.81. The van der Waals surface area contributed by atoms with Gasteiger partial charge in [-0.05, 0) is 126 Å². The topological polar surface area (TPSA) is 46.6 Å². The van der Waals surface area contributed by atoms with E-state index in [2.05, 4.69) is 126 Å². The summed E-state index contributed by atoms with van der Waals surface area (Å²) < 4.78 is 23.2. The summed E-state index contributed by atoms with van der Waals surface area (Å²) in [7, 11) is 9.10. The van der Waals surface area contributed by atoms with Crippen LogP contribution in [0.2, 0.25) is 0 Å². The second-order valence-electron chi connectivity index (χ2n) is 15.1. The molecule has 0 N–H and O–H groups in total. The Hall–Kier alpha value is -4.88. The average Bonchev–Trinajstić information content (AvgIpc) is 4.07. The minimum absolute atomic E-state index is 0.140. The molecule has 7 heteroatoms. The maximum Gasteiger partial charge on any atom is 0.164 e. The van der Waals surface area contributed by atoms with Gasteiger partial charge in [-0.15, -0.1) is 0 Å². The molecule has 0 bridgehead atoms. The minimum Gasteiger partial charge on any atom is -0.493 e. The largest absolute Gasteiger partial charge is 0.493 e. The number of hydrogen-bond acceptors (Lipinski definition) is 7. The molecule has 1 aliphatic carbocycles. The molecular formula is C47H57N3O4. The quantitative estimate of drug-likeness (QED) is 0.121. The van der Waals surface area contributed by atoms with Crippen LogP contribution in [0.1, 0.15) is 73.2 Å². The van der Waals surface area contributed by atoms with Gasteiger partial charge in [0.25, 0.3) is 0 Å². The number of aryl methyl sites for hydroxylation is 1. The number of anilines is 1. The second-order valence-corrected chi connectivity index (χ2v) is 15.1. The molecule has 7 nitrogen and oxygen atoms in total. The van der Waals surface area contributed by atoms with Gasteiger partial charge in [0.15, 0.2) is 23.0 Å². The van der Waals surface area contributed by atoms with Crippen molar-refractivity contribution in [2.75, 3.05) is 60.0 Å². The van der Waals surface area contributed by atoms with E-state index in [9.17, 15) is 0 Å². The third-order valence-electron chi connectivity index (χ3n) is 11.4. The van der Waals surface area contributed by atoms with E-state index in [-0.39, 0.29) is 6.04 Å². The molecule has 3 aliphatic rings. The Kier molecular flexibility index (Phi) is 11.8. The average molecular weight is 728 g/mol. The molecule has 1 saturated heterocycles. The SMILES string of the molecule is CCCc1cc(C2C=C(CN3CCC(N(Cc4cccc(-c5cc(OC)c(OC)c(C6CC6)c5)c4)c4ccccc4)CC3)C=CN2C)cc(OC)c1OC. The summed E-state index contributed by atoms with van der Waals surface area (Å²) in [5.74, 6) is 3.90. The van der Waals surface area contributed by atoms with E-state index in [1.807, 2.05) is 0 Å². The van der Waals surface area contributed by atoms with Crippen molar-refractivity contribution in [1.29, 1.82) is 0 Å². The lowest BCUT2D eigenvalue weighted by molar-refractivity contribution is 0.223. The number of ether oxygens (including phenoxy) is 4. The fourth-order valence-corrected chi connectivity index (χ4v) is 8.41. The normalized spacial score (nSPS) is 17.6. The van der Waals surface area contributed by atoms with Gasteiger partial charge in [-0.2, -0.15) is 0 Å². The highest BCUT2D eigenvalue weighted by molar-refractivity contribution is 5.71. The lowest BCUT2D eigenvalue weighted by atomic mass is 9.95. The van der Waals surface area contributed by atoms with E-state index in [1.165, 1.54) is 57.5 Å². The molecule has 284 valence electrons. The molecule has 2 fully saturated rings. The number of benzene rings is 4. The molecule has 54 heavy (non-hydrogen) atoms. The number of nitrogens with zero attached hydrogens (tertiary/aromatic N) is 3. The van der Waals surface area contributed by atoms with Crippen molar-refractivity contribution in [3.63, 3.8) is 0 Å². The van der Waals surface area contributed by atoms with Crippen LogP contribution in [0.4, 0.5) is 5.69 Å². The van der Waals surface area contributed by atoms with Crippen molar-refractivity contribution >= 4 is 5.69 Å². The first kappa shape index (κ1) is 37.4. The molecule has 0 spiro atoms. The molecule has 7 rings (SSSR count). The van der Waals surface area contributed by atoms with Gasteiger partial charge in [0, 0.05) is 50.5 Å². The van der Waals surface area contributed by atoms with Crippen molar-refractivity contribution in [2.45, 2.75) is 70.0 Å². The van der Waals surface area contributed by atoms with Gasteiger partial charge in [0.2, 0.25) is 0 Å². The van der Waals surface area contributed by atoms with Crippen molar-refractivity contribution in [1.82, 2.24) is 9.80 Å². The molecule has 1 atom stereocenters. The highest BCUT2D eigenvalue weighted by atomic mass is 16.5. The number of likely N-dealkylation sites (tertiary alicyclic amines) is 1. The fourth-order valence-electron chi connectivity index (χ4n) is 8.41. The number of piperidine rings is 1. The maximum absolute atomic E-state index is 5.81. The summed E-state index contributed by atoms with van der Waals surface area (Å²) in [6.45, 7) is 6.14. The molecule has 2 aliphatic heterocycles. The van der Waals surface area contributed by atoms with Crippen LogP contribution >= 0.6 is 0 Å². The Morgan fingerprint density at radius 2 is 1.48 bits per heavy atom. The molecule has 1 saturated carbocycles. The Balaban J connectivity index is 1.06. The number of likely N-dealkylation sites (N-methyl/N-ethyl adjacent to an activating group) is 1. The molecule has 0 amide bonds. The Bertz CT molecular complexity index is 1940. The first-order chi connectivity index (χ1) is 26.4. The van der Waals surface area contributed by atoms with Crippen LogP contribution in [0.3, 0.4) is 0 Å². The van der Waals surface area contributed by atoms with Crippen molar-refractivity contribution in [2.24, 2.45) is 0 Å². The fraction of sp³-hybridized carbons (Fsp3) is 0.404. The standard InChI is InChI=1S/C47H57N3O4/c1-7-12-37-27-39(30-44(51-3)46(37)53-5)43-26-34(19-22-48(43)2)31-49-23-20-41(21-24-49)50(40-15-9-8-10-16-40)32-33-13-11-14-36(25-33)38-28-42(35-17-18-35)47(54-6)45(29-38)52-4/h8-11,13-16,19,22,25-30,35,41,43H,7,12,17-18,20-21,23-24,31-32H2,1-6H3. The minimum atomic E-state index is 0.140. The summed E-state index contributed by atoms with van der Waals surface area (Å²) >= 11 is 0. The van der Waals surface area contributed by atoms with Crippen LogP contribution in [-0.2, 0) is 13.0 Å². The van der Waals surface area contributed by atoms with Gasteiger partial charge in [-0.1, -0.05) is 55.8 Å². The van der Waals surface area contributed by atoms with Crippen molar-refractivity contribution in [3.8, 4) is 34.1 Å². The molecule has 1 unspecified atom stereocenters. The first-order valence-corrected chi connectivity index (χ1v) is 19.7. The number of para-hydroxylation sites is 1. The van der Waals surface area contributed by atoms with Crippen LogP contribution in [0, 0.1) is 0 Å². The summed E-state index contributed by atoms with van der Waals surface area (Å²) in [6.07, 6.45) is 13.6. The van der Waals surface area contributed by atoms with Gasteiger partial charge < -0.3 is 28.7 Å². The molecule has 4 aromatic rings. The van der Waals surface area contributed by atoms with Crippen molar-refractivity contribution in [3.05, 3.63) is 125 Å². The lowest BCUT2D eigenvalue weighted by Gasteiger charge is -2.40. The molecule has 0 aromatic heterocycles. The number of hydrogen-bond donors (Lipinski definition) is 0.